The maximum Gasteiger partial charge on any atom is 0.252 e. The number of pyridine rings is 1. The van der Waals surface area contributed by atoms with E-state index in [0.29, 0.717) is 6.54 Å². The van der Waals surface area contributed by atoms with E-state index >= 15 is 0 Å². The Labute approximate surface area is 123 Å². The number of carbonyl (C=O) groups excluding carboxylic acids is 1. The summed E-state index contributed by atoms with van der Waals surface area (Å²) in [6.45, 7) is 0.584. The zero-order valence-electron chi connectivity index (χ0n) is 11.8. The molecular weight excluding hydrogens is 294 g/mol. The molecule has 0 radical (unpaired) electrons. The lowest BCUT2D eigenvalue weighted by atomic mass is 10.0. The van der Waals surface area contributed by atoms with Crippen LogP contribution in [-0.4, -0.2) is 67.9 Å². The van der Waals surface area contributed by atoms with E-state index in [1.807, 2.05) is 0 Å². The molecule has 8 heteroatoms. The summed E-state index contributed by atoms with van der Waals surface area (Å²) in [5, 5.41) is 0. The predicted molar refractivity (Wildman–Crippen MR) is 73.8 cm³/mol. The second-order valence-corrected chi connectivity index (χ2v) is 7.29. The van der Waals surface area contributed by atoms with Gasteiger partial charge in [-0.15, -0.1) is 0 Å². The van der Waals surface area contributed by atoms with Gasteiger partial charge in [-0.2, -0.15) is 4.31 Å². The first-order valence-electron chi connectivity index (χ1n) is 6.66. The van der Waals surface area contributed by atoms with Crippen molar-refractivity contribution < 1.29 is 17.9 Å². The SMILES string of the molecule is CO[C@@H]1C(=O)N(C)[C@@H]2CN(S(=O)(=O)c3cccnc3)C[C@H]12. The van der Waals surface area contributed by atoms with E-state index in [2.05, 4.69) is 4.98 Å². The number of carbonyl (C=O) groups is 1. The van der Waals surface area contributed by atoms with E-state index in [1.165, 1.54) is 29.9 Å². The summed E-state index contributed by atoms with van der Waals surface area (Å²) in [5.74, 6) is -0.204. The largest absolute Gasteiger partial charge is 0.371 e. The van der Waals surface area contributed by atoms with Gasteiger partial charge in [-0.3, -0.25) is 9.78 Å². The van der Waals surface area contributed by atoms with Crippen LogP contribution in [0.1, 0.15) is 0 Å². The van der Waals surface area contributed by atoms with E-state index in [1.54, 1.807) is 18.0 Å². The van der Waals surface area contributed by atoms with Crippen LogP contribution in [0.3, 0.4) is 0 Å². The molecule has 3 heterocycles. The highest BCUT2D eigenvalue weighted by atomic mass is 32.2. The number of hydrogen-bond donors (Lipinski definition) is 0. The van der Waals surface area contributed by atoms with Gasteiger partial charge in [0.2, 0.25) is 10.0 Å². The van der Waals surface area contributed by atoms with Crippen LogP contribution >= 0.6 is 0 Å². The molecule has 3 rings (SSSR count). The maximum absolute atomic E-state index is 12.6. The Hall–Kier alpha value is -1.51. The van der Waals surface area contributed by atoms with Crippen molar-refractivity contribution in [1.29, 1.82) is 0 Å². The highest BCUT2D eigenvalue weighted by molar-refractivity contribution is 7.89. The molecule has 0 spiro atoms. The van der Waals surface area contributed by atoms with Crippen molar-refractivity contribution in [1.82, 2.24) is 14.2 Å². The van der Waals surface area contributed by atoms with Crippen LogP contribution in [-0.2, 0) is 19.6 Å². The van der Waals surface area contributed by atoms with Crippen molar-refractivity contribution in [2.75, 3.05) is 27.2 Å². The lowest BCUT2D eigenvalue weighted by molar-refractivity contribution is -0.136. The zero-order valence-corrected chi connectivity index (χ0v) is 12.7. The number of sulfonamides is 1. The monoisotopic (exact) mass is 311 g/mol. The highest BCUT2D eigenvalue weighted by Crippen LogP contribution is 2.35. The van der Waals surface area contributed by atoms with E-state index in [-0.39, 0.29) is 29.3 Å². The van der Waals surface area contributed by atoms with Gasteiger partial charge in [0, 0.05) is 45.6 Å². The topological polar surface area (TPSA) is 79.8 Å². The lowest BCUT2D eigenvalue weighted by Gasteiger charge is -2.21. The van der Waals surface area contributed by atoms with Gasteiger partial charge >= 0.3 is 0 Å². The normalized spacial score (nSPS) is 29.9. The van der Waals surface area contributed by atoms with Gasteiger partial charge in [-0.25, -0.2) is 8.42 Å². The molecule has 0 N–H and O–H groups in total. The zero-order chi connectivity index (χ0) is 15.2. The van der Waals surface area contributed by atoms with Crippen molar-refractivity contribution in [2.45, 2.75) is 17.0 Å². The van der Waals surface area contributed by atoms with Gasteiger partial charge in [0.1, 0.15) is 11.0 Å². The van der Waals surface area contributed by atoms with Crippen LogP contribution in [0.2, 0.25) is 0 Å². The first-order chi connectivity index (χ1) is 9.96. The van der Waals surface area contributed by atoms with Crippen molar-refractivity contribution in [2.24, 2.45) is 5.92 Å². The predicted octanol–water partition coefficient (Wildman–Crippen LogP) is -0.442. The van der Waals surface area contributed by atoms with Crippen LogP contribution in [0.25, 0.3) is 0 Å². The van der Waals surface area contributed by atoms with Crippen LogP contribution in [0.5, 0.6) is 0 Å². The number of methoxy groups -OCH3 is 1. The summed E-state index contributed by atoms with van der Waals surface area (Å²) >= 11 is 0. The van der Waals surface area contributed by atoms with Crippen LogP contribution in [0, 0.1) is 5.92 Å². The Morgan fingerprint density at radius 1 is 1.38 bits per heavy atom. The standard InChI is InChI=1S/C13H17N3O4S/c1-15-11-8-16(7-10(11)12(20-2)13(15)17)21(18,19)9-4-3-5-14-6-9/h3-6,10-12H,7-8H2,1-2H3/t10-,11+,12-/m0/s1. The van der Waals surface area contributed by atoms with E-state index in [4.69, 9.17) is 4.74 Å². The molecule has 1 amide bonds. The molecule has 0 saturated carbocycles. The van der Waals surface area contributed by atoms with Crippen molar-refractivity contribution in [3.63, 3.8) is 0 Å². The number of likely N-dealkylation sites (N-methyl/N-ethyl adjacent to an activating group) is 1. The van der Waals surface area contributed by atoms with Gasteiger partial charge < -0.3 is 9.64 Å². The second kappa shape index (κ2) is 5.04. The summed E-state index contributed by atoms with van der Waals surface area (Å²) in [4.78, 5) is 17.6. The number of hydrogen-bond acceptors (Lipinski definition) is 5. The van der Waals surface area contributed by atoms with Crippen LogP contribution < -0.4 is 0 Å². The van der Waals surface area contributed by atoms with E-state index in [9.17, 15) is 13.2 Å². The summed E-state index contributed by atoms with van der Waals surface area (Å²) in [6.07, 6.45) is 2.31. The molecule has 0 aromatic carbocycles. The Morgan fingerprint density at radius 2 is 2.14 bits per heavy atom. The molecule has 21 heavy (non-hydrogen) atoms. The fraction of sp³-hybridized carbons (Fsp3) is 0.538. The first kappa shape index (κ1) is 14.4. The number of fused-ring (bicyclic) bond motifs is 1. The molecular formula is C13H17N3O4S. The van der Waals surface area contributed by atoms with E-state index < -0.39 is 16.1 Å². The number of aromatic nitrogens is 1. The molecule has 7 nitrogen and oxygen atoms in total. The molecule has 2 aliphatic heterocycles. The Morgan fingerprint density at radius 3 is 2.76 bits per heavy atom. The molecule has 0 aliphatic carbocycles. The van der Waals surface area contributed by atoms with Crippen LogP contribution in [0.15, 0.2) is 29.4 Å². The van der Waals surface area contributed by atoms with Gasteiger partial charge in [0.25, 0.3) is 5.91 Å². The number of likely N-dealkylation sites (tertiary alicyclic amines) is 1. The lowest BCUT2D eigenvalue weighted by Crippen LogP contribution is -2.38. The molecule has 2 fully saturated rings. The Kier molecular flexibility index (Phi) is 3.46. The summed E-state index contributed by atoms with van der Waals surface area (Å²) < 4.78 is 31.8. The third-order valence-electron chi connectivity index (χ3n) is 4.30. The van der Waals surface area contributed by atoms with Gasteiger partial charge in [0.05, 0.1) is 6.04 Å². The molecule has 114 valence electrons. The van der Waals surface area contributed by atoms with Crippen molar-refractivity contribution in [3.8, 4) is 0 Å². The third-order valence-corrected chi connectivity index (χ3v) is 6.12. The average molecular weight is 311 g/mol. The highest BCUT2D eigenvalue weighted by Gasteiger charge is 2.53. The van der Waals surface area contributed by atoms with Gasteiger partial charge in [-0.1, -0.05) is 0 Å². The quantitative estimate of drug-likeness (QED) is 0.756. The molecule has 1 aromatic heterocycles. The average Bonchev–Trinajstić information content (AvgIpc) is 3.01. The maximum atomic E-state index is 12.6. The van der Waals surface area contributed by atoms with Gasteiger partial charge in [0.15, 0.2) is 0 Å². The van der Waals surface area contributed by atoms with Gasteiger partial charge in [-0.05, 0) is 12.1 Å². The number of ether oxygens (including phenoxy) is 1. The summed E-state index contributed by atoms with van der Waals surface area (Å²) in [6, 6.07) is 2.99. The minimum atomic E-state index is -3.58. The molecule has 1 aromatic rings. The first-order valence-corrected chi connectivity index (χ1v) is 8.10. The molecule has 0 bridgehead atoms. The van der Waals surface area contributed by atoms with Crippen molar-refractivity contribution >= 4 is 15.9 Å². The second-order valence-electron chi connectivity index (χ2n) is 5.35. The summed E-state index contributed by atoms with van der Waals surface area (Å²) in [5.41, 5.74) is 0. The molecule has 0 unspecified atom stereocenters. The number of nitrogens with zero attached hydrogens (tertiary/aromatic N) is 3. The Bertz CT molecular complexity index is 649. The fourth-order valence-corrected chi connectivity index (χ4v) is 4.61. The number of rotatable bonds is 3. The minimum Gasteiger partial charge on any atom is -0.371 e. The summed E-state index contributed by atoms with van der Waals surface area (Å²) in [7, 11) is -0.399. The fourth-order valence-electron chi connectivity index (χ4n) is 3.15. The molecule has 3 atom stereocenters. The minimum absolute atomic E-state index is 0.0778. The third kappa shape index (κ3) is 2.14. The smallest absolute Gasteiger partial charge is 0.252 e. The Balaban J connectivity index is 1.87. The number of amides is 1. The molecule has 2 aliphatic rings. The van der Waals surface area contributed by atoms with Crippen molar-refractivity contribution in [3.05, 3.63) is 24.5 Å². The van der Waals surface area contributed by atoms with Crippen LogP contribution in [0.4, 0.5) is 0 Å². The van der Waals surface area contributed by atoms with E-state index in [0.717, 1.165) is 0 Å². The molecule has 2 saturated heterocycles.